The molecule has 4 nitrogen and oxygen atoms in total. The summed E-state index contributed by atoms with van der Waals surface area (Å²) in [6.07, 6.45) is 0. The highest BCUT2D eigenvalue weighted by atomic mass is 35.5. The molecular weight excluding hydrogens is 273 g/mol. The van der Waals surface area contributed by atoms with Crippen LogP contribution in [0.4, 0.5) is 4.39 Å². The number of hydrogen-bond acceptors (Lipinski definition) is 2. The SMILES string of the molecule is CCN(C(=O)c1ccc(F)cc1Cl)C(C)(C)C(=O)O. The van der Waals surface area contributed by atoms with Crippen molar-refractivity contribution >= 4 is 23.5 Å². The molecule has 1 rings (SSSR count). The van der Waals surface area contributed by atoms with E-state index in [0.717, 1.165) is 12.1 Å². The molecule has 0 atom stereocenters. The Morgan fingerprint density at radius 1 is 1.42 bits per heavy atom. The summed E-state index contributed by atoms with van der Waals surface area (Å²) in [6, 6.07) is 3.39. The van der Waals surface area contributed by atoms with Crippen molar-refractivity contribution in [2.24, 2.45) is 0 Å². The van der Waals surface area contributed by atoms with Crippen LogP contribution in [-0.4, -0.2) is 34.0 Å². The molecular formula is C13H15ClFNO3. The first-order valence-corrected chi connectivity index (χ1v) is 6.10. The van der Waals surface area contributed by atoms with Crippen molar-refractivity contribution in [2.45, 2.75) is 26.3 Å². The monoisotopic (exact) mass is 287 g/mol. The Balaban J connectivity index is 3.19. The number of halogens is 2. The average molecular weight is 288 g/mol. The standard InChI is InChI=1S/C13H15ClFNO3/c1-4-16(13(2,3)12(18)19)11(17)9-6-5-8(15)7-10(9)14/h5-7H,4H2,1-3H3,(H,18,19). The number of carboxylic acids is 1. The summed E-state index contributed by atoms with van der Waals surface area (Å²) in [5, 5.41) is 9.13. The van der Waals surface area contributed by atoms with E-state index in [2.05, 4.69) is 0 Å². The first-order valence-electron chi connectivity index (χ1n) is 5.72. The third-order valence-corrected chi connectivity index (χ3v) is 3.23. The van der Waals surface area contributed by atoms with Crippen LogP contribution in [0.1, 0.15) is 31.1 Å². The van der Waals surface area contributed by atoms with Crippen molar-refractivity contribution < 1.29 is 19.1 Å². The van der Waals surface area contributed by atoms with Crippen molar-refractivity contribution in [3.8, 4) is 0 Å². The largest absolute Gasteiger partial charge is 0.480 e. The first kappa shape index (κ1) is 15.4. The fourth-order valence-electron chi connectivity index (χ4n) is 1.72. The van der Waals surface area contributed by atoms with Crippen LogP contribution in [0.2, 0.25) is 5.02 Å². The van der Waals surface area contributed by atoms with Gasteiger partial charge < -0.3 is 10.0 Å². The maximum atomic E-state index is 13.0. The highest BCUT2D eigenvalue weighted by Crippen LogP contribution is 2.23. The molecule has 0 aliphatic heterocycles. The number of benzene rings is 1. The van der Waals surface area contributed by atoms with Gasteiger partial charge in [0.05, 0.1) is 10.6 Å². The maximum absolute atomic E-state index is 13.0. The van der Waals surface area contributed by atoms with E-state index in [-0.39, 0.29) is 17.1 Å². The Kier molecular flexibility index (Phi) is 4.52. The Labute approximate surface area is 115 Å². The van der Waals surface area contributed by atoms with E-state index in [4.69, 9.17) is 16.7 Å². The quantitative estimate of drug-likeness (QED) is 0.926. The minimum Gasteiger partial charge on any atom is -0.480 e. The molecule has 0 fully saturated rings. The second-order valence-electron chi connectivity index (χ2n) is 4.54. The average Bonchev–Trinajstić information content (AvgIpc) is 2.28. The van der Waals surface area contributed by atoms with E-state index >= 15 is 0 Å². The van der Waals surface area contributed by atoms with E-state index in [1.165, 1.54) is 24.8 Å². The van der Waals surface area contributed by atoms with Crippen molar-refractivity contribution in [3.63, 3.8) is 0 Å². The molecule has 1 N–H and O–H groups in total. The smallest absolute Gasteiger partial charge is 0.329 e. The molecule has 104 valence electrons. The van der Waals surface area contributed by atoms with Crippen LogP contribution in [-0.2, 0) is 4.79 Å². The summed E-state index contributed by atoms with van der Waals surface area (Å²) >= 11 is 5.82. The molecule has 1 aromatic carbocycles. The number of rotatable bonds is 4. The van der Waals surface area contributed by atoms with Crippen molar-refractivity contribution in [2.75, 3.05) is 6.54 Å². The van der Waals surface area contributed by atoms with Gasteiger partial charge in [0.15, 0.2) is 0 Å². The predicted molar refractivity (Wildman–Crippen MR) is 69.8 cm³/mol. The number of aliphatic carboxylic acids is 1. The van der Waals surface area contributed by atoms with Gasteiger partial charge >= 0.3 is 5.97 Å². The third-order valence-electron chi connectivity index (χ3n) is 2.92. The fourth-order valence-corrected chi connectivity index (χ4v) is 1.96. The third kappa shape index (κ3) is 3.04. The number of carbonyl (C=O) groups excluding carboxylic acids is 1. The van der Waals surface area contributed by atoms with Gasteiger partial charge in [-0.1, -0.05) is 11.6 Å². The van der Waals surface area contributed by atoms with E-state index in [0.29, 0.717) is 0 Å². The summed E-state index contributed by atoms with van der Waals surface area (Å²) in [5.74, 6) is -2.22. The lowest BCUT2D eigenvalue weighted by Gasteiger charge is -2.34. The topological polar surface area (TPSA) is 57.6 Å². The van der Waals surface area contributed by atoms with Gasteiger partial charge in [0.2, 0.25) is 0 Å². The van der Waals surface area contributed by atoms with Crippen molar-refractivity contribution in [3.05, 3.63) is 34.6 Å². The van der Waals surface area contributed by atoms with E-state index in [1.54, 1.807) is 6.92 Å². The molecule has 0 radical (unpaired) electrons. The zero-order chi connectivity index (χ0) is 14.8. The zero-order valence-electron chi connectivity index (χ0n) is 10.9. The number of amides is 1. The van der Waals surface area contributed by atoms with E-state index < -0.39 is 23.2 Å². The summed E-state index contributed by atoms with van der Waals surface area (Å²) in [4.78, 5) is 24.7. The molecule has 19 heavy (non-hydrogen) atoms. The van der Waals surface area contributed by atoms with Crippen LogP contribution >= 0.6 is 11.6 Å². The van der Waals surface area contributed by atoms with Crippen LogP contribution in [0.3, 0.4) is 0 Å². The van der Waals surface area contributed by atoms with Crippen LogP contribution < -0.4 is 0 Å². The predicted octanol–water partition coefficient (Wildman–Crippen LogP) is 2.80. The zero-order valence-corrected chi connectivity index (χ0v) is 11.7. The first-order chi connectivity index (χ1) is 8.71. The lowest BCUT2D eigenvalue weighted by Crippen LogP contribution is -2.53. The fraction of sp³-hybridized carbons (Fsp3) is 0.385. The second kappa shape index (κ2) is 5.57. The Bertz CT molecular complexity index is 517. The lowest BCUT2D eigenvalue weighted by molar-refractivity contribution is -0.147. The van der Waals surface area contributed by atoms with Gasteiger partial charge in [0.1, 0.15) is 11.4 Å². The molecule has 1 amide bonds. The molecule has 0 aromatic heterocycles. The molecule has 6 heteroatoms. The van der Waals surface area contributed by atoms with Crippen LogP contribution in [0.25, 0.3) is 0 Å². The van der Waals surface area contributed by atoms with Crippen molar-refractivity contribution in [1.82, 2.24) is 4.90 Å². The number of carbonyl (C=O) groups is 2. The molecule has 0 heterocycles. The maximum Gasteiger partial charge on any atom is 0.329 e. The number of carboxylic acid groups (broad SMARTS) is 1. The van der Waals surface area contributed by atoms with Crippen LogP contribution in [0.15, 0.2) is 18.2 Å². The van der Waals surface area contributed by atoms with Gasteiger partial charge in [-0.2, -0.15) is 0 Å². The second-order valence-corrected chi connectivity index (χ2v) is 4.94. The minimum atomic E-state index is -1.37. The van der Waals surface area contributed by atoms with Gasteiger partial charge in [0.25, 0.3) is 5.91 Å². The summed E-state index contributed by atoms with van der Waals surface area (Å²) in [5.41, 5.74) is -1.29. The summed E-state index contributed by atoms with van der Waals surface area (Å²) < 4.78 is 13.0. The van der Waals surface area contributed by atoms with Crippen LogP contribution in [0.5, 0.6) is 0 Å². The van der Waals surface area contributed by atoms with Gasteiger partial charge in [-0.05, 0) is 39.0 Å². The van der Waals surface area contributed by atoms with Crippen molar-refractivity contribution in [1.29, 1.82) is 0 Å². The number of hydrogen-bond donors (Lipinski definition) is 1. The molecule has 1 aromatic rings. The number of likely N-dealkylation sites (N-methyl/N-ethyl adjacent to an activating group) is 1. The Morgan fingerprint density at radius 2 is 2.00 bits per heavy atom. The van der Waals surface area contributed by atoms with Gasteiger partial charge in [0, 0.05) is 6.54 Å². The summed E-state index contributed by atoms with van der Waals surface area (Å²) in [7, 11) is 0. The molecule has 0 saturated carbocycles. The molecule has 0 bridgehead atoms. The number of nitrogens with zero attached hydrogens (tertiary/aromatic N) is 1. The Hall–Kier alpha value is -1.62. The highest BCUT2D eigenvalue weighted by molar-refractivity contribution is 6.33. The molecule has 0 aliphatic rings. The molecule has 0 spiro atoms. The lowest BCUT2D eigenvalue weighted by atomic mass is 10.0. The minimum absolute atomic E-state index is 0.0374. The van der Waals surface area contributed by atoms with E-state index in [9.17, 15) is 14.0 Å². The summed E-state index contributed by atoms with van der Waals surface area (Å²) in [6.45, 7) is 4.72. The normalized spacial score (nSPS) is 11.2. The van der Waals surface area contributed by atoms with Gasteiger partial charge in [-0.25, -0.2) is 9.18 Å². The molecule has 0 aliphatic carbocycles. The van der Waals surface area contributed by atoms with Crippen LogP contribution in [0, 0.1) is 5.82 Å². The van der Waals surface area contributed by atoms with E-state index in [1.807, 2.05) is 0 Å². The van der Waals surface area contributed by atoms with Gasteiger partial charge in [-0.3, -0.25) is 4.79 Å². The van der Waals surface area contributed by atoms with Gasteiger partial charge in [-0.15, -0.1) is 0 Å². The molecule has 0 saturated heterocycles. The molecule has 0 unspecified atom stereocenters. The highest BCUT2D eigenvalue weighted by Gasteiger charge is 2.37. The Morgan fingerprint density at radius 3 is 2.42 bits per heavy atom.